The molecule has 3 rings (SSSR count). The van der Waals surface area contributed by atoms with Gasteiger partial charge in [0.15, 0.2) is 0 Å². The van der Waals surface area contributed by atoms with Gasteiger partial charge in [0.1, 0.15) is 19.0 Å². The van der Waals surface area contributed by atoms with Crippen LogP contribution in [0.25, 0.3) is 0 Å². The monoisotopic (exact) mass is 601 g/mol. The normalized spacial score (nSPS) is 11.3. The number of benzene rings is 3. The number of rotatable bonds is 20. The molecule has 6 nitrogen and oxygen atoms in total. The molecule has 3 aromatic rings. The minimum atomic E-state index is -4.46. The molecule has 0 amide bonds. The summed E-state index contributed by atoms with van der Waals surface area (Å²) in [5, 5.41) is 2.87. The number of nitrogens with one attached hydrogen (secondary N) is 1. The van der Waals surface area contributed by atoms with Gasteiger partial charge in [-0.2, -0.15) is 13.2 Å². The number of halogens is 3. The first-order valence-corrected chi connectivity index (χ1v) is 14.9. The minimum Gasteiger partial charge on any atom is -0.491 e. The van der Waals surface area contributed by atoms with Gasteiger partial charge in [0, 0.05) is 5.69 Å². The molecular weight excluding hydrogens is 559 g/mol. The van der Waals surface area contributed by atoms with Gasteiger partial charge in [-0.3, -0.25) is 0 Å². The Labute approximate surface area is 252 Å². The molecule has 0 unspecified atom stereocenters. The average Bonchev–Trinajstić information content (AvgIpc) is 3.00. The largest absolute Gasteiger partial charge is 0.491 e. The summed E-state index contributed by atoms with van der Waals surface area (Å²) < 4.78 is 61.1. The maximum absolute atomic E-state index is 13.0. The van der Waals surface area contributed by atoms with E-state index in [-0.39, 0.29) is 24.5 Å². The second-order valence-electron chi connectivity index (χ2n) is 10.1. The number of aryl methyl sites for hydroxylation is 1. The third-order valence-corrected chi connectivity index (χ3v) is 6.69. The summed E-state index contributed by atoms with van der Waals surface area (Å²) in [5.74, 6) is 0.211. The molecular formula is C34H42F3NO5. The molecule has 0 aromatic heterocycles. The molecule has 0 aliphatic carbocycles. The molecule has 234 valence electrons. The zero-order valence-corrected chi connectivity index (χ0v) is 24.8. The maximum Gasteiger partial charge on any atom is 0.416 e. The second kappa shape index (κ2) is 18.9. The number of esters is 1. The molecule has 1 N–H and O–H groups in total. The Bertz CT molecular complexity index is 1220. The summed E-state index contributed by atoms with van der Waals surface area (Å²) in [5.41, 5.74) is 1.30. The molecule has 0 heterocycles. The first kappa shape index (κ1) is 33.9. The van der Waals surface area contributed by atoms with Crippen LogP contribution >= 0.6 is 0 Å². The van der Waals surface area contributed by atoms with Gasteiger partial charge in [-0.25, -0.2) is 4.79 Å². The van der Waals surface area contributed by atoms with Gasteiger partial charge < -0.3 is 24.3 Å². The van der Waals surface area contributed by atoms with Crippen molar-refractivity contribution in [3.05, 3.63) is 89.5 Å². The topological polar surface area (TPSA) is 66.0 Å². The van der Waals surface area contributed by atoms with Crippen molar-refractivity contribution in [3.63, 3.8) is 0 Å². The molecule has 0 aliphatic rings. The standard InChI is InChI=1S/C34H42F3NO5/c1-2-3-4-5-6-7-11-27-16-18-30(19-17-27)42-24-22-40-20-21-41-23-25-43-33(39)31-14-8-9-15-32(31)38-29-13-10-12-28(26-29)34(35,36)37/h8-10,12-19,26,38H,2-7,11,20-25H2,1H3. The molecule has 0 aliphatic heterocycles. The zero-order chi connectivity index (χ0) is 30.8. The molecule has 0 radical (unpaired) electrons. The lowest BCUT2D eigenvalue weighted by Crippen LogP contribution is -2.15. The molecule has 0 fully saturated rings. The van der Waals surface area contributed by atoms with Crippen LogP contribution in [0, 0.1) is 0 Å². The quantitative estimate of drug-likeness (QED) is 0.103. The number of para-hydroxylation sites is 1. The minimum absolute atomic E-state index is 0.0225. The Hall–Kier alpha value is -3.56. The number of ether oxygens (including phenoxy) is 4. The lowest BCUT2D eigenvalue weighted by Gasteiger charge is -2.13. The van der Waals surface area contributed by atoms with E-state index in [2.05, 4.69) is 24.4 Å². The van der Waals surface area contributed by atoms with E-state index in [4.69, 9.17) is 18.9 Å². The lowest BCUT2D eigenvalue weighted by molar-refractivity contribution is -0.137. The summed E-state index contributed by atoms with van der Waals surface area (Å²) in [7, 11) is 0. The molecule has 9 heteroatoms. The summed E-state index contributed by atoms with van der Waals surface area (Å²) in [6, 6.07) is 19.5. The first-order chi connectivity index (χ1) is 20.9. The second-order valence-corrected chi connectivity index (χ2v) is 10.1. The Kier molecular flexibility index (Phi) is 14.9. The molecule has 0 saturated carbocycles. The summed E-state index contributed by atoms with van der Waals surface area (Å²) >= 11 is 0. The number of carbonyl (C=O) groups excluding carboxylic acids is 1. The zero-order valence-electron chi connectivity index (χ0n) is 24.8. The van der Waals surface area contributed by atoms with Gasteiger partial charge in [0.2, 0.25) is 0 Å². The fourth-order valence-electron chi connectivity index (χ4n) is 4.37. The van der Waals surface area contributed by atoms with E-state index < -0.39 is 17.7 Å². The maximum atomic E-state index is 13.0. The van der Waals surface area contributed by atoms with Crippen molar-refractivity contribution in [2.24, 2.45) is 0 Å². The van der Waals surface area contributed by atoms with Crippen molar-refractivity contribution in [3.8, 4) is 5.75 Å². The summed E-state index contributed by atoms with van der Waals surface area (Å²) in [6.45, 7) is 4.00. The van der Waals surface area contributed by atoms with Crippen molar-refractivity contribution in [1.82, 2.24) is 0 Å². The molecule has 0 bridgehead atoms. The van der Waals surface area contributed by atoms with Crippen LogP contribution in [-0.2, 0) is 26.8 Å². The molecule has 0 saturated heterocycles. The predicted molar refractivity (Wildman–Crippen MR) is 162 cm³/mol. The lowest BCUT2D eigenvalue weighted by atomic mass is 10.0. The van der Waals surface area contributed by atoms with E-state index in [0.29, 0.717) is 32.1 Å². The van der Waals surface area contributed by atoms with E-state index in [0.717, 1.165) is 24.3 Å². The van der Waals surface area contributed by atoms with Crippen LogP contribution in [0.5, 0.6) is 5.75 Å². The number of carbonyl (C=O) groups is 1. The van der Waals surface area contributed by atoms with E-state index in [1.54, 1.807) is 24.3 Å². The van der Waals surface area contributed by atoms with Crippen LogP contribution in [-0.4, -0.2) is 45.6 Å². The van der Waals surface area contributed by atoms with Gasteiger partial charge in [0.25, 0.3) is 0 Å². The SMILES string of the molecule is CCCCCCCCc1ccc(OCCOCCOCCOC(=O)c2ccccc2Nc2cccc(C(F)(F)F)c2)cc1. The van der Waals surface area contributed by atoms with Crippen molar-refractivity contribution >= 4 is 17.3 Å². The molecule has 3 aromatic carbocycles. The number of anilines is 2. The predicted octanol–water partition coefficient (Wildman–Crippen LogP) is 8.62. The van der Waals surface area contributed by atoms with E-state index in [1.807, 2.05) is 12.1 Å². The highest BCUT2D eigenvalue weighted by atomic mass is 19.4. The van der Waals surface area contributed by atoms with Gasteiger partial charge >= 0.3 is 12.1 Å². The van der Waals surface area contributed by atoms with Gasteiger partial charge in [-0.05, 0) is 60.9 Å². The fourth-order valence-corrected chi connectivity index (χ4v) is 4.37. The number of hydrogen-bond acceptors (Lipinski definition) is 6. The summed E-state index contributed by atoms with van der Waals surface area (Å²) in [4.78, 5) is 12.6. The third kappa shape index (κ3) is 13.1. The Morgan fingerprint density at radius 1 is 0.744 bits per heavy atom. The Morgan fingerprint density at radius 2 is 1.42 bits per heavy atom. The van der Waals surface area contributed by atoms with Crippen molar-refractivity contribution in [2.75, 3.05) is 45.0 Å². The van der Waals surface area contributed by atoms with Gasteiger partial charge in [0.05, 0.1) is 43.2 Å². The number of unbranched alkanes of at least 4 members (excludes halogenated alkanes) is 5. The van der Waals surface area contributed by atoms with E-state index in [9.17, 15) is 18.0 Å². The number of alkyl halides is 3. The van der Waals surface area contributed by atoms with Crippen LogP contribution in [0.3, 0.4) is 0 Å². The molecule has 43 heavy (non-hydrogen) atoms. The van der Waals surface area contributed by atoms with Crippen molar-refractivity contribution in [2.45, 2.75) is 58.0 Å². The van der Waals surface area contributed by atoms with Crippen LogP contribution in [0.15, 0.2) is 72.8 Å². The van der Waals surface area contributed by atoms with Gasteiger partial charge in [-0.1, -0.05) is 69.4 Å². The Morgan fingerprint density at radius 3 is 2.16 bits per heavy atom. The highest BCUT2D eigenvalue weighted by Gasteiger charge is 2.30. The van der Waals surface area contributed by atoms with Crippen LogP contribution in [0.1, 0.15) is 66.9 Å². The smallest absolute Gasteiger partial charge is 0.416 e. The van der Waals surface area contributed by atoms with E-state index >= 15 is 0 Å². The van der Waals surface area contributed by atoms with Crippen molar-refractivity contribution in [1.29, 1.82) is 0 Å². The van der Waals surface area contributed by atoms with Gasteiger partial charge in [-0.15, -0.1) is 0 Å². The van der Waals surface area contributed by atoms with Crippen LogP contribution in [0.4, 0.5) is 24.5 Å². The Balaban J connectivity index is 1.24. The highest BCUT2D eigenvalue weighted by Crippen LogP contribution is 2.32. The number of hydrogen-bond donors (Lipinski definition) is 1. The van der Waals surface area contributed by atoms with Crippen molar-refractivity contribution < 1.29 is 36.9 Å². The molecule has 0 atom stereocenters. The summed E-state index contributed by atoms with van der Waals surface area (Å²) in [6.07, 6.45) is 4.40. The highest BCUT2D eigenvalue weighted by molar-refractivity contribution is 5.96. The van der Waals surface area contributed by atoms with Crippen LogP contribution < -0.4 is 10.1 Å². The third-order valence-electron chi connectivity index (χ3n) is 6.69. The average molecular weight is 602 g/mol. The first-order valence-electron chi connectivity index (χ1n) is 14.9. The molecule has 0 spiro atoms. The fraction of sp³-hybridized carbons (Fsp3) is 0.441. The van der Waals surface area contributed by atoms with E-state index in [1.165, 1.54) is 56.2 Å². The van der Waals surface area contributed by atoms with Crippen LogP contribution in [0.2, 0.25) is 0 Å².